The SMILES string of the molecule is CCC1(O)CCC(CNc2ccc(S(=O)(=O)NC(=O)c3ccc(C4=CCC(N5CCC[C@H]5c5ccccc5C5CC5)CC4)cc3Oc3cnc4[nH]ccc4c3)cc2[N+](=O)[O-])CC1.CCC1(O)CCC(CNc2ccc(S(=O)(=O)NC(=O)c3ccc(C4=CCC(N5CCC[C@H]5c5ccccc5C5CC5)CC4)cc3Oc3cnc4[nH]ccc4c3)cc2[N+](=O)[O-])CC1. The number of amides is 2. The summed E-state index contributed by atoms with van der Waals surface area (Å²) in [4.78, 5) is 70.6. The Balaban J connectivity index is 0.000000176. The number of nitrogens with one attached hydrogen (secondary N) is 6. The molecule has 6 aliphatic carbocycles. The molecule has 0 radical (unpaired) electrons. The van der Waals surface area contributed by atoms with Gasteiger partial charge in [-0.15, -0.1) is 0 Å². The fourth-order valence-corrected chi connectivity index (χ4v) is 21.7. The van der Waals surface area contributed by atoms with Gasteiger partial charge in [-0.05, 0) is 308 Å². The maximum atomic E-state index is 14.0. The van der Waals surface area contributed by atoms with E-state index in [2.05, 4.69) is 110 Å². The number of carbonyl (C=O) groups excluding carboxylic acids is 2. The second-order valence-corrected chi connectivity index (χ2v) is 38.6. The van der Waals surface area contributed by atoms with Gasteiger partial charge in [0.2, 0.25) is 0 Å². The fraction of sp³-hybridized carbons (Fsp3) is 0.417. The Morgan fingerprint density at radius 2 is 0.911 bits per heavy atom. The number of nitro benzene ring substituents is 2. The summed E-state index contributed by atoms with van der Waals surface area (Å²) in [5.41, 5.74) is 9.53. The first kappa shape index (κ1) is 85.0. The van der Waals surface area contributed by atoms with Gasteiger partial charge >= 0.3 is 0 Å². The number of nitrogens with zero attached hydrogens (tertiary/aromatic N) is 6. The first-order chi connectivity index (χ1) is 59.9. The van der Waals surface area contributed by atoms with Gasteiger partial charge in [0.05, 0.1) is 54.4 Å². The first-order valence-electron chi connectivity index (χ1n) is 44.2. The summed E-state index contributed by atoms with van der Waals surface area (Å²) in [6.07, 6.45) is 33.6. The van der Waals surface area contributed by atoms with Crippen LogP contribution in [-0.2, 0) is 20.0 Å². The van der Waals surface area contributed by atoms with Crippen molar-refractivity contribution in [1.82, 2.24) is 39.2 Å². The topological polar surface area (TPSA) is 360 Å². The normalized spacial score (nSPS) is 23.2. The van der Waals surface area contributed by atoms with E-state index < -0.39 is 74.1 Å². The van der Waals surface area contributed by atoms with E-state index in [0.29, 0.717) is 110 Å². The van der Waals surface area contributed by atoms with Crippen molar-refractivity contribution in [2.24, 2.45) is 11.8 Å². The number of hydrogen-bond donors (Lipinski definition) is 8. The number of aromatic nitrogens is 4. The summed E-state index contributed by atoms with van der Waals surface area (Å²) in [6.45, 7) is 6.99. The summed E-state index contributed by atoms with van der Waals surface area (Å²) >= 11 is 0. The number of H-pyrrole nitrogens is 2. The van der Waals surface area contributed by atoms with Gasteiger partial charge in [-0.1, -0.05) is 86.7 Å². The molecular weight excluding hydrogens is 1610 g/mol. The third-order valence-electron chi connectivity index (χ3n) is 27.4. The molecule has 6 heterocycles. The van der Waals surface area contributed by atoms with Crippen LogP contribution in [0.15, 0.2) is 192 Å². The number of aliphatic hydroxyl groups is 2. The Bertz CT molecular complexity index is 5620. The minimum Gasteiger partial charge on any atom is -0.455 e. The first-order valence-corrected chi connectivity index (χ1v) is 47.1. The van der Waals surface area contributed by atoms with Crippen LogP contribution in [0, 0.1) is 32.1 Å². The lowest BCUT2D eigenvalue weighted by Crippen LogP contribution is -2.36. The molecule has 6 aromatic carbocycles. The van der Waals surface area contributed by atoms with Gasteiger partial charge in [0.15, 0.2) is 0 Å². The summed E-state index contributed by atoms with van der Waals surface area (Å²) in [6, 6.07) is 44.5. The predicted octanol–water partition coefficient (Wildman–Crippen LogP) is 19.6. The van der Waals surface area contributed by atoms with Crippen molar-refractivity contribution in [1.29, 1.82) is 0 Å². The van der Waals surface area contributed by atoms with Crippen molar-refractivity contribution in [3.63, 3.8) is 0 Å². The van der Waals surface area contributed by atoms with Gasteiger partial charge in [-0.3, -0.25) is 39.6 Å². The van der Waals surface area contributed by atoms with Crippen molar-refractivity contribution in [3.05, 3.63) is 247 Å². The second-order valence-electron chi connectivity index (χ2n) is 35.3. The Labute approximate surface area is 722 Å². The van der Waals surface area contributed by atoms with E-state index >= 15 is 0 Å². The average molecular weight is 1720 g/mol. The van der Waals surface area contributed by atoms with E-state index in [4.69, 9.17) is 9.47 Å². The van der Waals surface area contributed by atoms with Crippen LogP contribution in [0.4, 0.5) is 22.7 Å². The molecule has 2 amide bonds. The van der Waals surface area contributed by atoms with E-state index in [1.807, 2.05) is 38.1 Å². The minimum absolute atomic E-state index is 0.0229. The van der Waals surface area contributed by atoms with E-state index in [0.717, 1.165) is 122 Å². The number of sulfonamides is 2. The lowest BCUT2D eigenvalue weighted by molar-refractivity contribution is -0.384. The van der Waals surface area contributed by atoms with Crippen LogP contribution in [0.25, 0.3) is 33.2 Å². The monoisotopic (exact) mass is 1720 g/mol. The van der Waals surface area contributed by atoms with Crippen LogP contribution >= 0.6 is 0 Å². The molecule has 28 heteroatoms. The molecule has 4 saturated carbocycles. The number of aromatic amines is 2. The molecule has 4 aromatic heterocycles. The highest BCUT2D eigenvalue weighted by atomic mass is 32.2. The number of pyridine rings is 2. The molecule has 8 aliphatic rings. The number of hydrogen-bond acceptors (Lipinski definition) is 20. The number of allylic oxidation sites excluding steroid dienone is 2. The molecule has 18 rings (SSSR count). The Morgan fingerprint density at radius 1 is 0.508 bits per heavy atom. The summed E-state index contributed by atoms with van der Waals surface area (Å²) in [5.74, 6) is 0.962. The van der Waals surface area contributed by atoms with Crippen LogP contribution in [0.1, 0.15) is 246 Å². The molecule has 0 spiro atoms. The molecule has 124 heavy (non-hydrogen) atoms. The highest BCUT2D eigenvalue weighted by Gasteiger charge is 2.41. The lowest BCUT2D eigenvalue weighted by Gasteiger charge is -2.36. The van der Waals surface area contributed by atoms with Gasteiger partial charge in [0.25, 0.3) is 43.2 Å². The Hall–Kier alpha value is -11.1. The predicted molar refractivity (Wildman–Crippen MR) is 478 cm³/mol. The van der Waals surface area contributed by atoms with E-state index in [-0.39, 0.29) is 45.8 Å². The van der Waals surface area contributed by atoms with Crippen LogP contribution < -0.4 is 29.6 Å². The van der Waals surface area contributed by atoms with Gasteiger partial charge in [0, 0.05) is 72.6 Å². The molecule has 0 bridgehead atoms. The largest absolute Gasteiger partial charge is 0.455 e. The van der Waals surface area contributed by atoms with Gasteiger partial charge in [0.1, 0.15) is 45.7 Å². The van der Waals surface area contributed by atoms with Gasteiger partial charge in [-0.25, -0.2) is 36.2 Å². The molecule has 2 saturated heterocycles. The van der Waals surface area contributed by atoms with E-state index in [1.165, 1.54) is 110 Å². The molecule has 2 aliphatic heterocycles. The van der Waals surface area contributed by atoms with Gasteiger partial charge in [-0.2, -0.15) is 0 Å². The zero-order valence-electron chi connectivity index (χ0n) is 70.0. The molecule has 4 atom stereocenters. The van der Waals surface area contributed by atoms with Gasteiger partial charge < -0.3 is 40.3 Å². The van der Waals surface area contributed by atoms with Crippen molar-refractivity contribution < 1.29 is 56.0 Å². The molecular formula is C96H108N12O14S2. The minimum atomic E-state index is -4.56. The molecule has 2 unspecified atom stereocenters. The highest BCUT2D eigenvalue weighted by molar-refractivity contribution is 7.90. The third-order valence-corrected chi connectivity index (χ3v) is 30.1. The standard InChI is InChI=1S/2C48H54N6O7S/c2*1-2-48(56)22-19-31(20-23-48)29-50-42-18-16-38(28-44(42)54(57)58)62(59,60)52-47(55)41-17-13-34(27-45(41)61-37-26-35-21-24-49-46(35)51-30-37)32-11-14-36(15-12-32)53-25-5-8-43(53)40-7-4-3-6-39(40)33-9-10-33/h2*3-4,6-7,11,13,16-18,21,24,26-28,30-31,33,36,43,50,56H,2,5,8-10,12,14-15,19-20,22-23,25,29H2,1H3,(H,49,51)(H,52,55)/t2*31?,36?,43-,48?/m00/s1. The fourth-order valence-electron chi connectivity index (χ4n) is 19.7. The lowest BCUT2D eigenvalue weighted by atomic mass is 9.77. The van der Waals surface area contributed by atoms with Crippen LogP contribution in [-0.4, -0.2) is 128 Å². The third kappa shape index (κ3) is 19.1. The second kappa shape index (κ2) is 36.2. The quantitative estimate of drug-likeness (QED) is 0.0167. The summed E-state index contributed by atoms with van der Waals surface area (Å²) < 4.78 is 71.9. The zero-order valence-corrected chi connectivity index (χ0v) is 71.7. The van der Waals surface area contributed by atoms with Crippen molar-refractivity contribution in [3.8, 4) is 23.0 Å². The Morgan fingerprint density at radius 3 is 1.28 bits per heavy atom. The highest BCUT2D eigenvalue weighted by Crippen LogP contribution is 2.50. The van der Waals surface area contributed by atoms with E-state index in [1.54, 1.807) is 48.8 Å². The number of fused-ring (bicyclic) bond motifs is 2. The number of anilines is 2. The van der Waals surface area contributed by atoms with Crippen molar-refractivity contribution in [2.45, 2.75) is 225 Å². The average Bonchev–Trinajstić information content (AvgIpc) is 1.58. The number of benzene rings is 6. The molecule has 26 nitrogen and oxygen atoms in total. The number of ether oxygens (including phenoxy) is 2. The number of nitro groups is 2. The Kier molecular flexibility index (Phi) is 24.8. The molecule has 10 aromatic rings. The maximum Gasteiger partial charge on any atom is 0.293 e. The molecule has 8 N–H and O–H groups in total. The van der Waals surface area contributed by atoms with Crippen LogP contribution in [0.3, 0.4) is 0 Å². The number of carbonyl (C=O) groups is 2. The smallest absolute Gasteiger partial charge is 0.293 e. The summed E-state index contributed by atoms with van der Waals surface area (Å²) in [5, 5.41) is 53.4. The summed E-state index contributed by atoms with van der Waals surface area (Å²) in [7, 11) is -9.13. The maximum absolute atomic E-state index is 14.0. The molecule has 648 valence electrons. The van der Waals surface area contributed by atoms with Crippen LogP contribution in [0.2, 0.25) is 0 Å². The van der Waals surface area contributed by atoms with Crippen molar-refractivity contribution >= 4 is 87.8 Å². The number of rotatable bonds is 28. The zero-order chi connectivity index (χ0) is 86.0. The van der Waals surface area contributed by atoms with Crippen molar-refractivity contribution in [2.75, 3.05) is 36.8 Å². The number of likely N-dealkylation sites (tertiary alicyclic amines) is 2. The van der Waals surface area contributed by atoms with E-state index in [9.17, 15) is 56.9 Å². The molecule has 6 fully saturated rings. The van der Waals surface area contributed by atoms with Crippen LogP contribution in [0.5, 0.6) is 23.0 Å².